The van der Waals surface area contributed by atoms with Gasteiger partial charge in [-0.15, -0.1) is 6.42 Å². The first-order valence-corrected chi connectivity index (χ1v) is 7.18. The number of piperazine rings is 1. The minimum Gasteiger partial charge on any atom is -0.336 e. The zero-order chi connectivity index (χ0) is 13.8. The number of rotatable bonds is 2. The van der Waals surface area contributed by atoms with Gasteiger partial charge in [0, 0.05) is 41.2 Å². The molecule has 1 aliphatic rings. The van der Waals surface area contributed by atoms with Gasteiger partial charge in [-0.25, -0.2) is 0 Å². The minimum atomic E-state index is 0.0172. The normalized spacial score (nSPS) is 16.2. The Labute approximate surface area is 126 Å². The van der Waals surface area contributed by atoms with Crippen LogP contribution in [0.3, 0.4) is 0 Å². The molecule has 2 rings (SSSR count). The molecule has 0 saturated carbocycles. The van der Waals surface area contributed by atoms with E-state index in [0.717, 1.165) is 17.6 Å². The first kappa shape index (κ1) is 14.4. The van der Waals surface area contributed by atoms with Crippen molar-refractivity contribution in [1.82, 2.24) is 9.80 Å². The van der Waals surface area contributed by atoms with Crippen molar-refractivity contribution in [3.05, 3.63) is 33.3 Å². The summed E-state index contributed by atoms with van der Waals surface area (Å²) in [7, 11) is 0. The van der Waals surface area contributed by atoms with E-state index in [0.29, 0.717) is 30.2 Å². The highest BCUT2D eigenvalue weighted by Gasteiger charge is 2.21. The van der Waals surface area contributed by atoms with Gasteiger partial charge < -0.3 is 4.90 Å². The number of amides is 1. The maximum absolute atomic E-state index is 12.4. The van der Waals surface area contributed by atoms with Crippen LogP contribution in [0.25, 0.3) is 0 Å². The molecule has 19 heavy (non-hydrogen) atoms. The first-order chi connectivity index (χ1) is 9.10. The van der Waals surface area contributed by atoms with Crippen LogP contribution in [0, 0.1) is 12.3 Å². The summed E-state index contributed by atoms with van der Waals surface area (Å²) < 4.78 is 0.814. The van der Waals surface area contributed by atoms with Crippen LogP contribution in [0.5, 0.6) is 0 Å². The zero-order valence-corrected chi connectivity index (χ0v) is 12.7. The predicted octanol–water partition coefficient (Wildman–Crippen LogP) is 2.49. The molecule has 0 unspecified atom stereocenters. The zero-order valence-electron chi connectivity index (χ0n) is 10.4. The van der Waals surface area contributed by atoms with Gasteiger partial charge in [0.15, 0.2) is 0 Å². The molecule has 1 heterocycles. The van der Waals surface area contributed by atoms with Crippen molar-refractivity contribution in [2.45, 2.75) is 0 Å². The fraction of sp³-hybridized carbons (Fsp3) is 0.357. The van der Waals surface area contributed by atoms with E-state index in [9.17, 15) is 4.79 Å². The van der Waals surface area contributed by atoms with Crippen molar-refractivity contribution in [1.29, 1.82) is 0 Å². The Kier molecular flexibility index (Phi) is 4.87. The quantitative estimate of drug-likeness (QED) is 0.772. The molecule has 1 aromatic rings. The van der Waals surface area contributed by atoms with Crippen molar-refractivity contribution < 1.29 is 4.79 Å². The SMILES string of the molecule is C#CCN1CCN(C(=O)c2cc(Cl)cc(Br)c2)CC1. The second-order valence-corrected chi connectivity index (χ2v) is 5.78. The van der Waals surface area contributed by atoms with Crippen LogP contribution < -0.4 is 0 Å². The van der Waals surface area contributed by atoms with Gasteiger partial charge in [-0.3, -0.25) is 9.69 Å². The summed E-state index contributed by atoms with van der Waals surface area (Å²) in [4.78, 5) is 16.4. The second kappa shape index (κ2) is 6.42. The van der Waals surface area contributed by atoms with Gasteiger partial charge in [-0.2, -0.15) is 0 Å². The number of nitrogens with zero attached hydrogens (tertiary/aromatic N) is 2. The number of carbonyl (C=O) groups excluding carboxylic acids is 1. The number of hydrogen-bond donors (Lipinski definition) is 0. The average Bonchev–Trinajstić information content (AvgIpc) is 2.38. The minimum absolute atomic E-state index is 0.0172. The summed E-state index contributed by atoms with van der Waals surface area (Å²) in [5.41, 5.74) is 0.616. The summed E-state index contributed by atoms with van der Waals surface area (Å²) in [6.45, 7) is 3.68. The van der Waals surface area contributed by atoms with Gasteiger partial charge in [0.05, 0.1) is 6.54 Å². The van der Waals surface area contributed by atoms with E-state index < -0.39 is 0 Å². The Morgan fingerprint density at radius 3 is 2.58 bits per heavy atom. The number of benzene rings is 1. The predicted molar refractivity (Wildman–Crippen MR) is 80.3 cm³/mol. The van der Waals surface area contributed by atoms with Crippen molar-refractivity contribution in [3.8, 4) is 12.3 Å². The smallest absolute Gasteiger partial charge is 0.254 e. The van der Waals surface area contributed by atoms with Crippen LogP contribution in [0.15, 0.2) is 22.7 Å². The Bertz CT molecular complexity index is 498. The lowest BCUT2D eigenvalue weighted by Gasteiger charge is -2.33. The van der Waals surface area contributed by atoms with E-state index >= 15 is 0 Å². The molecule has 0 spiro atoms. The van der Waals surface area contributed by atoms with Gasteiger partial charge >= 0.3 is 0 Å². The van der Waals surface area contributed by atoms with E-state index in [-0.39, 0.29) is 5.91 Å². The molecule has 100 valence electrons. The second-order valence-electron chi connectivity index (χ2n) is 4.43. The lowest BCUT2D eigenvalue weighted by atomic mass is 10.2. The molecule has 1 saturated heterocycles. The fourth-order valence-electron chi connectivity index (χ4n) is 2.10. The van der Waals surface area contributed by atoms with E-state index in [1.54, 1.807) is 18.2 Å². The fourth-order valence-corrected chi connectivity index (χ4v) is 2.96. The molecule has 0 aromatic heterocycles. The summed E-state index contributed by atoms with van der Waals surface area (Å²) in [5, 5.41) is 0.559. The maximum Gasteiger partial charge on any atom is 0.254 e. The number of halogens is 2. The Balaban J connectivity index is 2.03. The molecule has 0 bridgehead atoms. The number of carbonyl (C=O) groups is 1. The van der Waals surface area contributed by atoms with Crippen LogP contribution in [0.4, 0.5) is 0 Å². The molecule has 0 N–H and O–H groups in total. The molecule has 1 amide bonds. The molecule has 0 radical (unpaired) electrons. The third kappa shape index (κ3) is 3.73. The van der Waals surface area contributed by atoms with Crippen molar-refractivity contribution >= 4 is 33.4 Å². The third-order valence-electron chi connectivity index (χ3n) is 3.08. The van der Waals surface area contributed by atoms with Crippen molar-refractivity contribution in [2.75, 3.05) is 32.7 Å². The third-order valence-corrected chi connectivity index (χ3v) is 3.76. The van der Waals surface area contributed by atoms with Crippen LogP contribution in [0.2, 0.25) is 5.02 Å². The summed E-state index contributed by atoms with van der Waals surface area (Å²) in [6, 6.07) is 5.26. The summed E-state index contributed by atoms with van der Waals surface area (Å²) in [5.74, 6) is 2.64. The Morgan fingerprint density at radius 1 is 1.32 bits per heavy atom. The van der Waals surface area contributed by atoms with Crippen molar-refractivity contribution in [3.63, 3.8) is 0 Å². The van der Waals surface area contributed by atoms with E-state index in [4.69, 9.17) is 18.0 Å². The van der Waals surface area contributed by atoms with Crippen LogP contribution in [0.1, 0.15) is 10.4 Å². The summed E-state index contributed by atoms with van der Waals surface area (Å²) >= 11 is 9.32. The monoisotopic (exact) mass is 340 g/mol. The van der Waals surface area contributed by atoms with Crippen LogP contribution in [-0.2, 0) is 0 Å². The highest BCUT2D eigenvalue weighted by atomic mass is 79.9. The molecular formula is C14H14BrClN2O. The van der Waals surface area contributed by atoms with E-state index in [1.807, 2.05) is 4.90 Å². The van der Waals surface area contributed by atoms with Crippen molar-refractivity contribution in [2.24, 2.45) is 0 Å². The molecule has 5 heteroatoms. The van der Waals surface area contributed by atoms with E-state index in [2.05, 4.69) is 26.8 Å². The maximum atomic E-state index is 12.4. The van der Waals surface area contributed by atoms with Gasteiger partial charge in [0.1, 0.15) is 0 Å². The van der Waals surface area contributed by atoms with Gasteiger partial charge in [0.25, 0.3) is 5.91 Å². The molecule has 0 aliphatic carbocycles. The van der Waals surface area contributed by atoms with Gasteiger partial charge in [-0.1, -0.05) is 33.5 Å². The number of hydrogen-bond acceptors (Lipinski definition) is 2. The Hall–Kier alpha value is -1.02. The molecule has 3 nitrogen and oxygen atoms in total. The highest BCUT2D eigenvalue weighted by Crippen LogP contribution is 2.21. The van der Waals surface area contributed by atoms with E-state index in [1.165, 1.54) is 0 Å². The standard InChI is InChI=1S/C14H14BrClN2O/c1-2-3-17-4-6-18(7-5-17)14(19)11-8-12(15)10-13(16)9-11/h1,8-10H,3-7H2. The topological polar surface area (TPSA) is 23.6 Å². The molecule has 1 aliphatic heterocycles. The molecule has 1 aromatic carbocycles. The lowest BCUT2D eigenvalue weighted by Crippen LogP contribution is -2.48. The van der Waals surface area contributed by atoms with Crippen LogP contribution >= 0.6 is 27.5 Å². The van der Waals surface area contributed by atoms with Gasteiger partial charge in [-0.05, 0) is 18.2 Å². The summed E-state index contributed by atoms with van der Waals surface area (Å²) in [6.07, 6.45) is 5.29. The molecule has 0 atom stereocenters. The highest BCUT2D eigenvalue weighted by molar-refractivity contribution is 9.10. The van der Waals surface area contributed by atoms with Crippen LogP contribution in [-0.4, -0.2) is 48.4 Å². The average molecular weight is 342 g/mol. The lowest BCUT2D eigenvalue weighted by molar-refractivity contribution is 0.0652. The first-order valence-electron chi connectivity index (χ1n) is 6.01. The molecule has 1 fully saturated rings. The van der Waals surface area contributed by atoms with Gasteiger partial charge in [0.2, 0.25) is 0 Å². The number of terminal acetylenes is 1. The molecular weight excluding hydrogens is 328 g/mol. The Morgan fingerprint density at radius 2 is 2.00 bits per heavy atom. The largest absolute Gasteiger partial charge is 0.336 e.